The summed E-state index contributed by atoms with van der Waals surface area (Å²) in [6, 6.07) is 2.49. The molecule has 5 nitrogen and oxygen atoms in total. The van der Waals surface area contributed by atoms with E-state index in [-0.39, 0.29) is 12.6 Å². The first-order valence-corrected chi connectivity index (χ1v) is 7.29. The van der Waals surface area contributed by atoms with Crippen LogP contribution in [0.4, 0.5) is 8.78 Å². The maximum atomic E-state index is 13.6. The molecule has 1 aliphatic rings. The molecule has 2 aromatic rings. The molecule has 1 fully saturated rings. The molecule has 0 spiro atoms. The minimum atomic E-state index is -0.919. The van der Waals surface area contributed by atoms with Gasteiger partial charge in [-0.3, -0.25) is 0 Å². The van der Waals surface area contributed by atoms with Gasteiger partial charge < -0.3 is 20.8 Å². The first-order valence-electron chi connectivity index (χ1n) is 7.29. The maximum Gasteiger partial charge on any atom is 0.161 e. The quantitative estimate of drug-likeness (QED) is 0.829. The number of methoxy groups -OCH3 is 1. The fourth-order valence-electron chi connectivity index (χ4n) is 2.59. The van der Waals surface area contributed by atoms with Crippen molar-refractivity contribution in [1.82, 2.24) is 9.55 Å². The molecule has 1 aliphatic carbocycles. The SMILES string of the molecule is COC/C(N)=C/C(=C\N)c1nc2cc(F)c(F)cc2n1C1CC1. The zero-order chi connectivity index (χ0) is 16.6. The monoisotopic (exact) mass is 320 g/mol. The second-order valence-corrected chi connectivity index (χ2v) is 5.57. The first kappa shape index (κ1) is 15.5. The molecule has 23 heavy (non-hydrogen) atoms. The van der Waals surface area contributed by atoms with Gasteiger partial charge in [-0.1, -0.05) is 0 Å². The Balaban J connectivity index is 2.16. The molecule has 1 saturated carbocycles. The van der Waals surface area contributed by atoms with Crippen molar-refractivity contribution < 1.29 is 13.5 Å². The van der Waals surface area contributed by atoms with Crippen LogP contribution in [0.1, 0.15) is 24.7 Å². The number of imidazole rings is 1. The van der Waals surface area contributed by atoms with Gasteiger partial charge in [-0.15, -0.1) is 0 Å². The summed E-state index contributed by atoms with van der Waals surface area (Å²) in [6.07, 6.45) is 4.98. The van der Waals surface area contributed by atoms with E-state index in [1.165, 1.54) is 19.4 Å². The highest BCUT2D eigenvalue weighted by Crippen LogP contribution is 2.40. The zero-order valence-electron chi connectivity index (χ0n) is 12.7. The van der Waals surface area contributed by atoms with E-state index in [0.717, 1.165) is 18.9 Å². The maximum absolute atomic E-state index is 13.6. The van der Waals surface area contributed by atoms with Gasteiger partial charge in [-0.25, -0.2) is 13.8 Å². The molecule has 7 heteroatoms. The number of ether oxygens (including phenoxy) is 1. The van der Waals surface area contributed by atoms with E-state index < -0.39 is 11.6 Å². The molecule has 1 aromatic heterocycles. The van der Waals surface area contributed by atoms with Crippen LogP contribution in [0.2, 0.25) is 0 Å². The van der Waals surface area contributed by atoms with Crippen molar-refractivity contribution >= 4 is 16.6 Å². The van der Waals surface area contributed by atoms with Gasteiger partial charge in [0.05, 0.1) is 17.6 Å². The lowest BCUT2D eigenvalue weighted by Gasteiger charge is -2.09. The molecule has 0 amide bonds. The lowest BCUT2D eigenvalue weighted by molar-refractivity contribution is 0.225. The van der Waals surface area contributed by atoms with Gasteiger partial charge in [0, 0.05) is 42.8 Å². The van der Waals surface area contributed by atoms with E-state index in [0.29, 0.717) is 28.1 Å². The molecular weight excluding hydrogens is 302 g/mol. The van der Waals surface area contributed by atoms with Crippen LogP contribution in [0.25, 0.3) is 16.6 Å². The molecule has 0 unspecified atom stereocenters. The Morgan fingerprint density at radius 2 is 2.09 bits per heavy atom. The number of allylic oxidation sites excluding steroid dienone is 2. The Morgan fingerprint density at radius 1 is 1.39 bits per heavy atom. The molecule has 0 bridgehead atoms. The molecule has 4 N–H and O–H groups in total. The van der Waals surface area contributed by atoms with E-state index in [9.17, 15) is 8.78 Å². The average Bonchev–Trinajstić information content (AvgIpc) is 3.28. The topological polar surface area (TPSA) is 79.1 Å². The number of benzene rings is 1. The van der Waals surface area contributed by atoms with Crippen molar-refractivity contribution in [3.8, 4) is 0 Å². The van der Waals surface area contributed by atoms with Crippen molar-refractivity contribution in [2.75, 3.05) is 13.7 Å². The highest BCUT2D eigenvalue weighted by molar-refractivity contribution is 5.82. The van der Waals surface area contributed by atoms with Crippen molar-refractivity contribution in [2.45, 2.75) is 18.9 Å². The molecule has 122 valence electrons. The van der Waals surface area contributed by atoms with Crippen LogP contribution < -0.4 is 11.5 Å². The molecule has 1 aromatic carbocycles. The number of nitrogens with zero attached hydrogens (tertiary/aromatic N) is 2. The fourth-order valence-corrected chi connectivity index (χ4v) is 2.59. The van der Waals surface area contributed by atoms with Crippen molar-refractivity contribution in [3.63, 3.8) is 0 Å². The highest BCUT2D eigenvalue weighted by atomic mass is 19.2. The number of hydrogen-bond acceptors (Lipinski definition) is 4. The summed E-state index contributed by atoms with van der Waals surface area (Å²) in [5, 5.41) is 0. The summed E-state index contributed by atoms with van der Waals surface area (Å²) in [5.41, 5.74) is 13.6. The minimum Gasteiger partial charge on any atom is -0.404 e. The Hall–Kier alpha value is -2.41. The Labute approximate surface area is 132 Å². The van der Waals surface area contributed by atoms with Crippen LogP contribution in [-0.4, -0.2) is 23.3 Å². The second kappa shape index (κ2) is 6.00. The number of nitrogens with two attached hydrogens (primary N) is 2. The van der Waals surface area contributed by atoms with Crippen LogP contribution in [0, 0.1) is 11.6 Å². The Morgan fingerprint density at radius 3 is 2.70 bits per heavy atom. The van der Waals surface area contributed by atoms with Crippen LogP contribution in [0.5, 0.6) is 0 Å². The van der Waals surface area contributed by atoms with Crippen LogP contribution in [0.15, 0.2) is 30.1 Å². The summed E-state index contributed by atoms with van der Waals surface area (Å²) in [4.78, 5) is 4.43. The standard InChI is InChI=1S/C16H18F2N4O/c1-23-8-10(20)4-9(7-19)16-21-14-5-12(17)13(18)6-15(14)22(16)11-2-3-11/h4-7,11H,2-3,8,19-20H2,1H3/b9-7+,10-4-. The third kappa shape index (κ3) is 2.92. The molecular formula is C16H18F2N4O. The van der Waals surface area contributed by atoms with Crippen molar-refractivity contribution in [2.24, 2.45) is 11.5 Å². The lowest BCUT2D eigenvalue weighted by Crippen LogP contribution is -2.07. The fraction of sp³-hybridized carbons (Fsp3) is 0.312. The summed E-state index contributed by atoms with van der Waals surface area (Å²) in [6.45, 7) is 0.254. The molecule has 0 saturated heterocycles. The van der Waals surface area contributed by atoms with Gasteiger partial charge in [-0.05, 0) is 18.9 Å². The van der Waals surface area contributed by atoms with Crippen molar-refractivity contribution in [3.05, 3.63) is 47.6 Å². The van der Waals surface area contributed by atoms with Crippen LogP contribution >= 0.6 is 0 Å². The largest absolute Gasteiger partial charge is 0.404 e. The van der Waals surface area contributed by atoms with E-state index in [1.54, 1.807) is 6.08 Å². The van der Waals surface area contributed by atoms with Gasteiger partial charge in [0.2, 0.25) is 0 Å². The van der Waals surface area contributed by atoms with Gasteiger partial charge in [0.1, 0.15) is 5.82 Å². The molecule has 3 rings (SSSR count). The Kier molecular flexibility index (Phi) is 4.04. The molecule has 0 radical (unpaired) electrons. The van der Waals surface area contributed by atoms with Gasteiger partial charge in [0.15, 0.2) is 11.6 Å². The summed E-state index contributed by atoms with van der Waals surface area (Å²) in [7, 11) is 1.54. The third-order valence-electron chi connectivity index (χ3n) is 3.73. The van der Waals surface area contributed by atoms with Crippen molar-refractivity contribution in [1.29, 1.82) is 0 Å². The number of halogens is 2. The predicted octanol–water partition coefficient (Wildman–Crippen LogP) is 2.44. The summed E-state index contributed by atoms with van der Waals surface area (Å²) < 4.78 is 34.0. The number of fused-ring (bicyclic) bond motifs is 1. The van der Waals surface area contributed by atoms with E-state index >= 15 is 0 Å². The predicted molar refractivity (Wildman–Crippen MR) is 84.2 cm³/mol. The number of aromatic nitrogens is 2. The number of rotatable bonds is 5. The second-order valence-electron chi connectivity index (χ2n) is 5.57. The van der Waals surface area contributed by atoms with E-state index in [1.807, 2.05) is 4.57 Å². The van der Waals surface area contributed by atoms with E-state index in [4.69, 9.17) is 16.2 Å². The normalized spacial score (nSPS) is 16.3. The average molecular weight is 320 g/mol. The smallest absolute Gasteiger partial charge is 0.161 e. The van der Waals surface area contributed by atoms with Gasteiger partial charge in [-0.2, -0.15) is 0 Å². The molecule has 0 aliphatic heterocycles. The first-order chi connectivity index (χ1) is 11.0. The lowest BCUT2D eigenvalue weighted by atomic mass is 10.2. The third-order valence-corrected chi connectivity index (χ3v) is 3.73. The van der Waals surface area contributed by atoms with Gasteiger partial charge in [0.25, 0.3) is 0 Å². The molecule has 1 heterocycles. The Bertz CT molecular complexity index is 806. The van der Waals surface area contributed by atoms with Gasteiger partial charge >= 0.3 is 0 Å². The van der Waals surface area contributed by atoms with Crippen LogP contribution in [-0.2, 0) is 4.74 Å². The van der Waals surface area contributed by atoms with E-state index in [2.05, 4.69) is 4.98 Å². The van der Waals surface area contributed by atoms with Crippen LogP contribution in [0.3, 0.4) is 0 Å². The number of hydrogen-bond donors (Lipinski definition) is 2. The summed E-state index contributed by atoms with van der Waals surface area (Å²) >= 11 is 0. The minimum absolute atomic E-state index is 0.215. The molecule has 0 atom stereocenters. The summed E-state index contributed by atoms with van der Waals surface area (Å²) in [5.74, 6) is -1.26. The highest BCUT2D eigenvalue weighted by Gasteiger charge is 2.29. The zero-order valence-corrected chi connectivity index (χ0v) is 12.7.